The monoisotopic (exact) mass is 403 g/mol. The minimum absolute atomic E-state index is 0.247. The highest BCUT2D eigenvalue weighted by molar-refractivity contribution is 5.79. The van der Waals surface area contributed by atoms with E-state index in [0.29, 0.717) is 34.9 Å². The molecule has 2 aromatic carbocycles. The normalized spacial score (nSPS) is 11.2. The standard InChI is InChI=1S/C23H21N3O4/c1-2-29-20-11-17(12-21(13-20)30-15-19-5-3-4-10-25-19)22(23(27)28)26-18-8-6-16(14-24)7-9-18/h3-13,22,26H,2,15H2,1H3,(H,27,28). The van der Waals surface area contributed by atoms with Gasteiger partial charge < -0.3 is 19.9 Å². The van der Waals surface area contributed by atoms with Crippen LogP contribution >= 0.6 is 0 Å². The zero-order chi connectivity index (χ0) is 21.3. The number of nitriles is 1. The number of nitrogens with zero attached hydrogens (tertiary/aromatic N) is 2. The van der Waals surface area contributed by atoms with Gasteiger partial charge in [0.15, 0.2) is 6.04 Å². The van der Waals surface area contributed by atoms with Crippen LogP contribution in [-0.4, -0.2) is 22.7 Å². The van der Waals surface area contributed by atoms with Gasteiger partial charge in [-0.1, -0.05) is 6.07 Å². The lowest BCUT2D eigenvalue weighted by Crippen LogP contribution is -2.20. The lowest BCUT2D eigenvalue weighted by atomic mass is 10.1. The van der Waals surface area contributed by atoms with Crippen molar-refractivity contribution in [2.45, 2.75) is 19.6 Å². The summed E-state index contributed by atoms with van der Waals surface area (Å²) in [6, 6.07) is 18.2. The molecule has 152 valence electrons. The SMILES string of the molecule is CCOc1cc(OCc2ccccn2)cc(C(Nc2ccc(C#N)cc2)C(=O)O)c1. The molecule has 7 heteroatoms. The first-order valence-electron chi connectivity index (χ1n) is 9.39. The lowest BCUT2D eigenvalue weighted by molar-refractivity contribution is -0.138. The Balaban J connectivity index is 1.86. The Morgan fingerprint density at radius 3 is 2.47 bits per heavy atom. The van der Waals surface area contributed by atoms with Crippen molar-refractivity contribution in [1.82, 2.24) is 4.98 Å². The minimum Gasteiger partial charge on any atom is -0.494 e. The quantitative estimate of drug-likeness (QED) is 0.552. The average molecular weight is 403 g/mol. The van der Waals surface area contributed by atoms with E-state index in [2.05, 4.69) is 10.3 Å². The van der Waals surface area contributed by atoms with E-state index >= 15 is 0 Å². The van der Waals surface area contributed by atoms with Crippen LogP contribution in [0.25, 0.3) is 0 Å². The van der Waals surface area contributed by atoms with Crippen LogP contribution in [0, 0.1) is 11.3 Å². The number of nitrogens with one attached hydrogen (secondary N) is 1. The molecule has 1 heterocycles. The van der Waals surface area contributed by atoms with Crippen LogP contribution in [0.4, 0.5) is 5.69 Å². The van der Waals surface area contributed by atoms with Gasteiger partial charge in [-0.3, -0.25) is 4.98 Å². The summed E-state index contributed by atoms with van der Waals surface area (Å²) < 4.78 is 11.4. The van der Waals surface area contributed by atoms with E-state index in [1.54, 1.807) is 48.7 Å². The second-order valence-electron chi connectivity index (χ2n) is 6.39. The summed E-state index contributed by atoms with van der Waals surface area (Å²) in [7, 11) is 0. The van der Waals surface area contributed by atoms with Gasteiger partial charge in [-0.25, -0.2) is 4.79 Å². The number of hydrogen-bond donors (Lipinski definition) is 2. The van der Waals surface area contributed by atoms with Gasteiger partial charge in [0.05, 0.1) is 23.9 Å². The van der Waals surface area contributed by atoms with E-state index in [1.807, 2.05) is 31.2 Å². The predicted octanol–water partition coefficient (Wildman–Crippen LogP) is 4.17. The van der Waals surface area contributed by atoms with E-state index < -0.39 is 12.0 Å². The van der Waals surface area contributed by atoms with Gasteiger partial charge in [0, 0.05) is 18.0 Å². The predicted molar refractivity (Wildman–Crippen MR) is 111 cm³/mol. The zero-order valence-corrected chi connectivity index (χ0v) is 16.4. The molecular weight excluding hydrogens is 382 g/mol. The molecule has 0 amide bonds. The molecular formula is C23H21N3O4. The minimum atomic E-state index is -1.05. The fraction of sp³-hybridized carbons (Fsp3) is 0.174. The van der Waals surface area contributed by atoms with Gasteiger partial charge in [-0.2, -0.15) is 5.26 Å². The fourth-order valence-electron chi connectivity index (χ4n) is 2.83. The molecule has 2 N–H and O–H groups in total. The van der Waals surface area contributed by atoms with E-state index in [-0.39, 0.29) is 6.61 Å². The van der Waals surface area contributed by atoms with Crippen molar-refractivity contribution in [2.24, 2.45) is 0 Å². The molecule has 3 rings (SSSR count). The van der Waals surface area contributed by atoms with Crippen LogP contribution in [0.5, 0.6) is 11.5 Å². The van der Waals surface area contributed by atoms with Crippen LogP contribution in [0.3, 0.4) is 0 Å². The van der Waals surface area contributed by atoms with E-state index in [9.17, 15) is 9.90 Å². The molecule has 30 heavy (non-hydrogen) atoms. The molecule has 0 aliphatic rings. The Kier molecular flexibility index (Phi) is 6.85. The number of pyridine rings is 1. The largest absolute Gasteiger partial charge is 0.494 e. The second kappa shape index (κ2) is 9.94. The average Bonchev–Trinajstić information content (AvgIpc) is 2.77. The number of anilines is 1. The number of hydrogen-bond acceptors (Lipinski definition) is 6. The van der Waals surface area contributed by atoms with Crippen LogP contribution in [0.15, 0.2) is 66.9 Å². The fourth-order valence-corrected chi connectivity index (χ4v) is 2.83. The van der Waals surface area contributed by atoms with Crippen LogP contribution in [-0.2, 0) is 11.4 Å². The third kappa shape index (κ3) is 5.49. The summed E-state index contributed by atoms with van der Waals surface area (Å²) in [6.07, 6.45) is 1.68. The maximum atomic E-state index is 12.0. The zero-order valence-electron chi connectivity index (χ0n) is 16.4. The highest BCUT2D eigenvalue weighted by atomic mass is 16.5. The topological polar surface area (TPSA) is 104 Å². The van der Waals surface area contributed by atoms with Gasteiger partial charge in [0.1, 0.15) is 18.1 Å². The van der Waals surface area contributed by atoms with Crippen LogP contribution in [0.1, 0.15) is 29.8 Å². The summed E-state index contributed by atoms with van der Waals surface area (Å²) >= 11 is 0. The number of rotatable bonds is 9. The third-order valence-electron chi connectivity index (χ3n) is 4.23. The van der Waals surface area contributed by atoms with Crippen LogP contribution in [0.2, 0.25) is 0 Å². The van der Waals surface area contributed by atoms with E-state index in [0.717, 1.165) is 5.69 Å². The molecule has 0 saturated heterocycles. The number of carboxylic acids is 1. The van der Waals surface area contributed by atoms with E-state index in [1.165, 1.54) is 0 Å². The number of aliphatic carboxylic acids is 1. The molecule has 0 aliphatic heterocycles. The first kappa shape index (κ1) is 20.7. The van der Waals surface area contributed by atoms with Crippen molar-refractivity contribution < 1.29 is 19.4 Å². The Morgan fingerprint density at radius 1 is 1.13 bits per heavy atom. The highest BCUT2D eigenvalue weighted by Crippen LogP contribution is 2.29. The molecule has 3 aromatic rings. The molecule has 7 nitrogen and oxygen atoms in total. The third-order valence-corrected chi connectivity index (χ3v) is 4.23. The Labute approximate surface area is 174 Å². The summed E-state index contributed by atoms with van der Waals surface area (Å²) in [6.45, 7) is 2.53. The molecule has 0 spiro atoms. The van der Waals surface area contributed by atoms with Crippen molar-refractivity contribution in [2.75, 3.05) is 11.9 Å². The van der Waals surface area contributed by atoms with Gasteiger partial charge in [0.2, 0.25) is 0 Å². The molecule has 0 saturated carbocycles. The van der Waals surface area contributed by atoms with Gasteiger partial charge >= 0.3 is 5.97 Å². The van der Waals surface area contributed by atoms with Gasteiger partial charge in [-0.15, -0.1) is 0 Å². The number of ether oxygens (including phenoxy) is 2. The summed E-state index contributed by atoms with van der Waals surface area (Å²) in [5.74, 6) is -0.0583. The molecule has 0 bridgehead atoms. The maximum Gasteiger partial charge on any atom is 0.330 e. The summed E-state index contributed by atoms with van der Waals surface area (Å²) in [4.78, 5) is 16.2. The molecule has 1 unspecified atom stereocenters. The molecule has 1 aromatic heterocycles. The number of carboxylic acid groups (broad SMARTS) is 1. The molecule has 0 radical (unpaired) electrons. The number of benzene rings is 2. The van der Waals surface area contributed by atoms with Crippen molar-refractivity contribution >= 4 is 11.7 Å². The van der Waals surface area contributed by atoms with Crippen LogP contribution < -0.4 is 14.8 Å². The van der Waals surface area contributed by atoms with Crippen molar-refractivity contribution in [1.29, 1.82) is 5.26 Å². The van der Waals surface area contributed by atoms with E-state index in [4.69, 9.17) is 14.7 Å². The molecule has 0 aliphatic carbocycles. The first-order chi connectivity index (χ1) is 14.6. The number of aromatic nitrogens is 1. The lowest BCUT2D eigenvalue weighted by Gasteiger charge is -2.19. The molecule has 0 fully saturated rings. The second-order valence-corrected chi connectivity index (χ2v) is 6.39. The Bertz CT molecular complexity index is 1030. The summed E-state index contributed by atoms with van der Waals surface area (Å²) in [5.41, 5.74) is 2.32. The van der Waals surface area contributed by atoms with Gasteiger partial charge in [0.25, 0.3) is 0 Å². The highest BCUT2D eigenvalue weighted by Gasteiger charge is 2.22. The van der Waals surface area contributed by atoms with Gasteiger partial charge in [-0.05, 0) is 61.0 Å². The summed E-state index contributed by atoms with van der Waals surface area (Å²) in [5, 5.41) is 21.7. The maximum absolute atomic E-state index is 12.0. The number of carbonyl (C=O) groups is 1. The Hall–Kier alpha value is -4.05. The Morgan fingerprint density at radius 2 is 1.87 bits per heavy atom. The van der Waals surface area contributed by atoms with Crippen molar-refractivity contribution in [3.63, 3.8) is 0 Å². The molecule has 1 atom stereocenters. The smallest absolute Gasteiger partial charge is 0.330 e. The van der Waals surface area contributed by atoms with Crippen molar-refractivity contribution in [3.8, 4) is 17.6 Å². The first-order valence-corrected chi connectivity index (χ1v) is 9.39. The van der Waals surface area contributed by atoms with Crippen molar-refractivity contribution in [3.05, 3.63) is 83.7 Å².